The lowest BCUT2D eigenvalue weighted by Gasteiger charge is -2.33. The van der Waals surface area contributed by atoms with Crippen molar-refractivity contribution in [1.29, 1.82) is 0 Å². The molecule has 1 aliphatic heterocycles. The summed E-state index contributed by atoms with van der Waals surface area (Å²) in [5.74, 6) is 0.628. The number of hydrogen-bond acceptors (Lipinski definition) is 3. The lowest BCUT2D eigenvalue weighted by molar-refractivity contribution is -0.00367. The van der Waals surface area contributed by atoms with Gasteiger partial charge in [-0.15, -0.1) is 11.6 Å². The molecular formula is C14H22ClN3O. The number of morpholine rings is 1. The molecule has 1 atom stereocenters. The molecule has 2 fully saturated rings. The Morgan fingerprint density at radius 1 is 1.37 bits per heavy atom. The van der Waals surface area contributed by atoms with Crippen LogP contribution in [-0.2, 0) is 11.3 Å². The smallest absolute Gasteiger partial charge is 0.0765 e. The second-order valence-corrected chi connectivity index (χ2v) is 5.89. The van der Waals surface area contributed by atoms with E-state index in [9.17, 15) is 0 Å². The molecular weight excluding hydrogens is 262 g/mol. The predicted molar refractivity (Wildman–Crippen MR) is 75.5 cm³/mol. The van der Waals surface area contributed by atoms with Gasteiger partial charge in [-0.3, -0.25) is 9.58 Å². The van der Waals surface area contributed by atoms with Gasteiger partial charge in [0.05, 0.1) is 24.9 Å². The van der Waals surface area contributed by atoms with Gasteiger partial charge in [0.2, 0.25) is 0 Å². The van der Waals surface area contributed by atoms with Crippen molar-refractivity contribution < 1.29 is 4.74 Å². The molecule has 1 aliphatic carbocycles. The maximum atomic E-state index is 6.00. The molecule has 1 saturated heterocycles. The van der Waals surface area contributed by atoms with Crippen LogP contribution in [0.4, 0.5) is 0 Å². The van der Waals surface area contributed by atoms with Crippen LogP contribution in [0.25, 0.3) is 0 Å². The minimum atomic E-state index is 0.326. The molecule has 19 heavy (non-hydrogen) atoms. The number of alkyl halides is 1. The normalized spacial score (nSPS) is 26.1. The molecule has 0 aromatic carbocycles. The van der Waals surface area contributed by atoms with Crippen LogP contribution in [0.3, 0.4) is 0 Å². The molecule has 3 rings (SSSR count). The second-order valence-electron chi connectivity index (χ2n) is 5.58. The molecule has 0 N–H and O–H groups in total. The maximum Gasteiger partial charge on any atom is 0.0765 e. The summed E-state index contributed by atoms with van der Waals surface area (Å²) in [5, 5.41) is 4.75. The number of ether oxygens (including phenoxy) is 1. The van der Waals surface area contributed by atoms with Crippen molar-refractivity contribution in [3.8, 4) is 0 Å². The van der Waals surface area contributed by atoms with Gasteiger partial charge in [-0.1, -0.05) is 12.8 Å². The van der Waals surface area contributed by atoms with E-state index in [4.69, 9.17) is 21.4 Å². The van der Waals surface area contributed by atoms with Crippen molar-refractivity contribution in [3.05, 3.63) is 18.0 Å². The number of rotatable bonds is 4. The van der Waals surface area contributed by atoms with Gasteiger partial charge in [-0.05, 0) is 18.9 Å². The first-order valence-electron chi connectivity index (χ1n) is 7.28. The summed E-state index contributed by atoms with van der Waals surface area (Å²) >= 11 is 6.00. The molecule has 1 unspecified atom stereocenters. The zero-order chi connectivity index (χ0) is 13.1. The van der Waals surface area contributed by atoms with E-state index in [1.54, 1.807) is 0 Å². The Balaban J connectivity index is 1.62. The van der Waals surface area contributed by atoms with Crippen LogP contribution in [-0.4, -0.2) is 46.4 Å². The van der Waals surface area contributed by atoms with Gasteiger partial charge >= 0.3 is 0 Å². The highest BCUT2D eigenvalue weighted by atomic mass is 35.5. The number of halogens is 1. The molecule has 1 aromatic heterocycles. The molecule has 0 amide bonds. The predicted octanol–water partition coefficient (Wildman–Crippen LogP) is 2.44. The lowest BCUT2D eigenvalue weighted by Crippen LogP contribution is -2.45. The Kier molecular flexibility index (Phi) is 4.41. The zero-order valence-corrected chi connectivity index (χ0v) is 12.1. The van der Waals surface area contributed by atoms with E-state index in [-0.39, 0.29) is 0 Å². The van der Waals surface area contributed by atoms with Crippen LogP contribution >= 0.6 is 11.6 Å². The van der Waals surface area contributed by atoms with Crippen LogP contribution in [0, 0.1) is 0 Å². The van der Waals surface area contributed by atoms with Crippen molar-refractivity contribution in [2.24, 2.45) is 0 Å². The molecule has 0 bridgehead atoms. The Hall–Kier alpha value is -0.580. The molecule has 0 spiro atoms. The summed E-state index contributed by atoms with van der Waals surface area (Å²) in [6.07, 6.45) is 7.39. The van der Waals surface area contributed by atoms with Gasteiger partial charge in [0.1, 0.15) is 0 Å². The Bertz CT molecular complexity index is 403. The van der Waals surface area contributed by atoms with Crippen molar-refractivity contribution >= 4 is 11.6 Å². The monoisotopic (exact) mass is 283 g/mol. The second kappa shape index (κ2) is 6.25. The third-order valence-corrected chi connectivity index (χ3v) is 4.61. The Morgan fingerprint density at radius 2 is 2.21 bits per heavy atom. The third-order valence-electron chi connectivity index (χ3n) is 4.26. The van der Waals surface area contributed by atoms with Crippen LogP contribution < -0.4 is 0 Å². The highest BCUT2D eigenvalue weighted by Gasteiger charge is 2.23. The summed E-state index contributed by atoms with van der Waals surface area (Å²) in [5.41, 5.74) is 1.16. The molecule has 0 radical (unpaired) electrons. The summed E-state index contributed by atoms with van der Waals surface area (Å²) < 4.78 is 7.64. The molecule has 5 heteroatoms. The number of aromatic nitrogens is 2. The van der Waals surface area contributed by atoms with Gasteiger partial charge in [-0.25, -0.2) is 0 Å². The van der Waals surface area contributed by atoms with E-state index >= 15 is 0 Å². The van der Waals surface area contributed by atoms with Gasteiger partial charge < -0.3 is 4.74 Å². The molecule has 4 nitrogen and oxygen atoms in total. The van der Waals surface area contributed by atoms with E-state index in [0.29, 0.717) is 18.0 Å². The fraction of sp³-hybridized carbons (Fsp3) is 0.786. The van der Waals surface area contributed by atoms with Gasteiger partial charge in [0.15, 0.2) is 0 Å². The zero-order valence-electron chi connectivity index (χ0n) is 11.3. The minimum absolute atomic E-state index is 0.326. The first-order valence-corrected chi connectivity index (χ1v) is 7.82. The van der Waals surface area contributed by atoms with Gasteiger partial charge in [0.25, 0.3) is 0 Å². The van der Waals surface area contributed by atoms with E-state index in [0.717, 1.165) is 32.0 Å². The number of hydrogen-bond donors (Lipinski definition) is 0. The van der Waals surface area contributed by atoms with Crippen molar-refractivity contribution in [2.75, 3.05) is 25.6 Å². The fourth-order valence-electron chi connectivity index (χ4n) is 3.08. The number of nitrogens with zero attached hydrogens (tertiary/aromatic N) is 3. The van der Waals surface area contributed by atoms with Gasteiger partial charge in [0, 0.05) is 31.2 Å². The summed E-state index contributed by atoms with van der Waals surface area (Å²) in [4.78, 5) is 2.39. The average molecular weight is 284 g/mol. The summed E-state index contributed by atoms with van der Waals surface area (Å²) in [7, 11) is 0. The van der Waals surface area contributed by atoms with E-state index in [2.05, 4.69) is 21.8 Å². The van der Waals surface area contributed by atoms with Crippen LogP contribution in [0.5, 0.6) is 0 Å². The largest absolute Gasteiger partial charge is 0.378 e. The topological polar surface area (TPSA) is 30.3 Å². The fourth-order valence-corrected chi connectivity index (χ4v) is 3.37. The highest BCUT2D eigenvalue weighted by molar-refractivity contribution is 6.18. The van der Waals surface area contributed by atoms with Crippen molar-refractivity contribution in [3.63, 3.8) is 0 Å². The SMILES string of the molecule is ClCC1COCCN1Cc1ccn(C2CCCC2)n1. The van der Waals surface area contributed by atoms with Crippen LogP contribution in [0.2, 0.25) is 0 Å². The van der Waals surface area contributed by atoms with E-state index in [1.165, 1.54) is 25.7 Å². The summed E-state index contributed by atoms with van der Waals surface area (Å²) in [6.45, 7) is 3.39. The lowest BCUT2D eigenvalue weighted by atomic mass is 10.2. The molecule has 2 aliphatic rings. The Labute approximate surface area is 119 Å². The van der Waals surface area contributed by atoms with E-state index < -0.39 is 0 Å². The molecule has 106 valence electrons. The van der Waals surface area contributed by atoms with Gasteiger partial charge in [-0.2, -0.15) is 5.10 Å². The Morgan fingerprint density at radius 3 is 3.00 bits per heavy atom. The first kappa shape index (κ1) is 13.4. The highest BCUT2D eigenvalue weighted by Crippen LogP contribution is 2.28. The average Bonchev–Trinajstić information content (AvgIpc) is 3.09. The van der Waals surface area contributed by atoms with Crippen LogP contribution in [0.15, 0.2) is 12.3 Å². The maximum absolute atomic E-state index is 6.00. The quantitative estimate of drug-likeness (QED) is 0.795. The van der Waals surface area contributed by atoms with E-state index in [1.807, 2.05) is 0 Å². The van der Waals surface area contributed by atoms with Crippen molar-refractivity contribution in [2.45, 2.75) is 44.3 Å². The third kappa shape index (κ3) is 3.12. The standard InChI is InChI=1S/C14H22ClN3O/c15-9-14-11-19-8-7-17(14)10-12-5-6-18(16-12)13-3-1-2-4-13/h5-6,13-14H,1-4,7-11H2. The first-order chi connectivity index (χ1) is 9.36. The summed E-state index contributed by atoms with van der Waals surface area (Å²) in [6, 6.07) is 3.10. The molecule has 2 heterocycles. The minimum Gasteiger partial charge on any atom is -0.378 e. The van der Waals surface area contributed by atoms with Crippen molar-refractivity contribution in [1.82, 2.24) is 14.7 Å². The molecule has 1 aromatic rings. The molecule has 1 saturated carbocycles. The van der Waals surface area contributed by atoms with Crippen LogP contribution in [0.1, 0.15) is 37.4 Å².